The van der Waals surface area contributed by atoms with Crippen molar-refractivity contribution in [3.8, 4) is 5.75 Å². The molecule has 154 valence electrons. The Balaban J connectivity index is 0.00000392. The van der Waals surface area contributed by atoms with Crippen LogP contribution in [0.25, 0.3) is 0 Å². The van der Waals surface area contributed by atoms with E-state index in [4.69, 9.17) is 4.74 Å². The molecule has 0 aliphatic carbocycles. The minimum absolute atomic E-state index is 0. The second-order valence-corrected chi connectivity index (χ2v) is 6.64. The normalized spacial score (nSPS) is 14.4. The summed E-state index contributed by atoms with van der Waals surface area (Å²) in [6.07, 6.45) is -0.683. The van der Waals surface area contributed by atoms with Gasteiger partial charge < -0.3 is 20.5 Å². The lowest BCUT2D eigenvalue weighted by molar-refractivity contribution is 0.186. The molecular weight excluding hydrogens is 465 g/mol. The summed E-state index contributed by atoms with van der Waals surface area (Å²) in [5.74, 6) is 1.76. The van der Waals surface area contributed by atoms with Crippen molar-refractivity contribution in [3.05, 3.63) is 65.7 Å². The molecule has 0 bridgehead atoms. The van der Waals surface area contributed by atoms with E-state index in [0.717, 1.165) is 17.9 Å². The average molecular weight is 497 g/mol. The zero-order valence-electron chi connectivity index (χ0n) is 17.1. The van der Waals surface area contributed by atoms with Crippen molar-refractivity contribution in [2.24, 2.45) is 4.99 Å². The standard InChI is InChI=1S/C22H31N3O2.HI/c1-5-23-22(25-17(3)16(2)18-10-7-6-8-11-18)24-15-21(26)19-12-9-13-20(14-19)27-4;/h6-14,16-17,21,26H,5,15H2,1-4H3,(H2,23,24,25);1H. The van der Waals surface area contributed by atoms with Gasteiger partial charge in [-0.05, 0) is 37.1 Å². The molecule has 0 saturated carbocycles. The van der Waals surface area contributed by atoms with Crippen molar-refractivity contribution in [2.45, 2.75) is 38.8 Å². The third kappa shape index (κ3) is 7.31. The molecule has 2 rings (SSSR count). The fraction of sp³-hybridized carbons (Fsp3) is 0.409. The number of halogens is 1. The number of aliphatic hydroxyl groups excluding tert-OH is 1. The van der Waals surface area contributed by atoms with Crippen molar-refractivity contribution in [1.82, 2.24) is 10.6 Å². The first kappa shape index (κ1) is 24.2. The number of methoxy groups -OCH3 is 1. The Morgan fingerprint density at radius 1 is 1.07 bits per heavy atom. The highest BCUT2D eigenvalue weighted by Crippen LogP contribution is 2.20. The van der Waals surface area contributed by atoms with Crippen LogP contribution < -0.4 is 15.4 Å². The van der Waals surface area contributed by atoms with Crippen LogP contribution in [0.3, 0.4) is 0 Å². The Morgan fingerprint density at radius 2 is 1.75 bits per heavy atom. The first-order valence-electron chi connectivity index (χ1n) is 9.47. The molecule has 6 heteroatoms. The van der Waals surface area contributed by atoms with E-state index in [0.29, 0.717) is 11.9 Å². The van der Waals surface area contributed by atoms with Crippen LogP contribution in [0.5, 0.6) is 5.75 Å². The number of benzene rings is 2. The highest BCUT2D eigenvalue weighted by atomic mass is 127. The molecule has 2 aromatic carbocycles. The van der Waals surface area contributed by atoms with Gasteiger partial charge in [0.05, 0.1) is 19.8 Å². The zero-order chi connectivity index (χ0) is 19.6. The number of hydrogen-bond acceptors (Lipinski definition) is 3. The highest BCUT2D eigenvalue weighted by molar-refractivity contribution is 14.0. The predicted molar refractivity (Wildman–Crippen MR) is 127 cm³/mol. The summed E-state index contributed by atoms with van der Waals surface area (Å²) in [6, 6.07) is 18.1. The van der Waals surface area contributed by atoms with E-state index < -0.39 is 6.10 Å². The van der Waals surface area contributed by atoms with E-state index in [9.17, 15) is 5.11 Å². The Morgan fingerprint density at radius 3 is 2.39 bits per heavy atom. The Hall–Kier alpha value is -1.80. The summed E-state index contributed by atoms with van der Waals surface area (Å²) in [4.78, 5) is 4.56. The summed E-state index contributed by atoms with van der Waals surface area (Å²) in [7, 11) is 1.62. The molecule has 28 heavy (non-hydrogen) atoms. The molecule has 0 aliphatic rings. The number of guanidine groups is 1. The largest absolute Gasteiger partial charge is 0.497 e. The maximum absolute atomic E-state index is 10.5. The third-order valence-corrected chi connectivity index (χ3v) is 4.68. The summed E-state index contributed by atoms with van der Waals surface area (Å²) < 4.78 is 5.22. The Labute approximate surface area is 185 Å². The number of ether oxygens (including phenoxy) is 1. The second kappa shape index (κ2) is 12.6. The van der Waals surface area contributed by atoms with E-state index in [-0.39, 0.29) is 36.6 Å². The smallest absolute Gasteiger partial charge is 0.191 e. The van der Waals surface area contributed by atoms with E-state index in [1.165, 1.54) is 5.56 Å². The molecule has 0 spiro atoms. The Kier molecular flexibility index (Phi) is 10.9. The number of aliphatic hydroxyl groups is 1. The number of hydrogen-bond donors (Lipinski definition) is 3. The van der Waals surface area contributed by atoms with E-state index in [2.05, 4.69) is 53.7 Å². The van der Waals surface area contributed by atoms with Crippen LogP contribution in [0.4, 0.5) is 0 Å². The molecule has 0 aromatic heterocycles. The van der Waals surface area contributed by atoms with Gasteiger partial charge in [-0.15, -0.1) is 24.0 Å². The maximum atomic E-state index is 10.5. The molecular formula is C22H32IN3O2. The van der Waals surface area contributed by atoms with Crippen LogP contribution in [0.2, 0.25) is 0 Å². The minimum atomic E-state index is -0.683. The Bertz CT molecular complexity index is 725. The maximum Gasteiger partial charge on any atom is 0.191 e. The SMILES string of the molecule is CCNC(=NCC(O)c1cccc(OC)c1)NC(C)C(C)c1ccccc1.I. The minimum Gasteiger partial charge on any atom is -0.497 e. The fourth-order valence-electron chi connectivity index (χ4n) is 2.84. The van der Waals surface area contributed by atoms with Crippen molar-refractivity contribution >= 4 is 29.9 Å². The van der Waals surface area contributed by atoms with Gasteiger partial charge in [-0.3, -0.25) is 4.99 Å². The molecule has 3 unspecified atom stereocenters. The second-order valence-electron chi connectivity index (χ2n) is 6.64. The molecule has 0 aliphatic heterocycles. The lowest BCUT2D eigenvalue weighted by atomic mass is 9.94. The van der Waals surface area contributed by atoms with Gasteiger partial charge in [-0.25, -0.2) is 0 Å². The van der Waals surface area contributed by atoms with Crippen LogP contribution in [0.15, 0.2) is 59.6 Å². The van der Waals surface area contributed by atoms with Crippen molar-refractivity contribution < 1.29 is 9.84 Å². The summed E-state index contributed by atoms with van der Waals surface area (Å²) in [5.41, 5.74) is 2.07. The van der Waals surface area contributed by atoms with Gasteiger partial charge >= 0.3 is 0 Å². The molecule has 3 atom stereocenters. The topological polar surface area (TPSA) is 65.9 Å². The predicted octanol–water partition coefficient (Wildman–Crippen LogP) is 4.09. The molecule has 0 fully saturated rings. The van der Waals surface area contributed by atoms with Crippen LogP contribution >= 0.6 is 24.0 Å². The molecule has 5 nitrogen and oxygen atoms in total. The summed E-state index contributed by atoms with van der Waals surface area (Å²) in [5, 5.41) is 17.2. The van der Waals surface area contributed by atoms with Gasteiger partial charge in [0.1, 0.15) is 5.75 Å². The van der Waals surface area contributed by atoms with Crippen LogP contribution in [0, 0.1) is 0 Å². The lowest BCUT2D eigenvalue weighted by Gasteiger charge is -2.24. The number of nitrogens with one attached hydrogen (secondary N) is 2. The summed E-state index contributed by atoms with van der Waals surface area (Å²) >= 11 is 0. The number of rotatable bonds is 8. The van der Waals surface area contributed by atoms with Crippen LogP contribution in [-0.4, -0.2) is 37.3 Å². The monoisotopic (exact) mass is 497 g/mol. The van der Waals surface area contributed by atoms with E-state index >= 15 is 0 Å². The van der Waals surface area contributed by atoms with E-state index in [1.54, 1.807) is 7.11 Å². The third-order valence-electron chi connectivity index (χ3n) is 4.68. The highest BCUT2D eigenvalue weighted by Gasteiger charge is 2.16. The van der Waals surface area contributed by atoms with Gasteiger partial charge in [0, 0.05) is 18.5 Å². The molecule has 2 aromatic rings. The van der Waals surface area contributed by atoms with Gasteiger partial charge in [0.25, 0.3) is 0 Å². The molecule has 0 amide bonds. The van der Waals surface area contributed by atoms with Crippen molar-refractivity contribution in [2.75, 3.05) is 20.2 Å². The zero-order valence-corrected chi connectivity index (χ0v) is 19.4. The lowest BCUT2D eigenvalue weighted by Crippen LogP contribution is -2.44. The van der Waals surface area contributed by atoms with Gasteiger partial charge in [0.15, 0.2) is 5.96 Å². The number of nitrogens with zero attached hydrogens (tertiary/aromatic N) is 1. The fourth-order valence-corrected chi connectivity index (χ4v) is 2.84. The van der Waals surface area contributed by atoms with Crippen molar-refractivity contribution in [3.63, 3.8) is 0 Å². The van der Waals surface area contributed by atoms with Crippen molar-refractivity contribution in [1.29, 1.82) is 0 Å². The first-order chi connectivity index (χ1) is 13.0. The average Bonchev–Trinajstić information content (AvgIpc) is 2.71. The van der Waals surface area contributed by atoms with E-state index in [1.807, 2.05) is 37.3 Å². The van der Waals surface area contributed by atoms with Gasteiger partial charge in [-0.2, -0.15) is 0 Å². The molecule has 0 heterocycles. The molecule has 0 saturated heterocycles. The van der Waals surface area contributed by atoms with Crippen LogP contribution in [-0.2, 0) is 0 Å². The van der Waals surface area contributed by atoms with Gasteiger partial charge in [0.2, 0.25) is 0 Å². The van der Waals surface area contributed by atoms with Gasteiger partial charge in [-0.1, -0.05) is 49.4 Å². The van der Waals surface area contributed by atoms with Crippen LogP contribution in [0.1, 0.15) is 43.9 Å². The summed E-state index contributed by atoms with van der Waals surface area (Å²) in [6.45, 7) is 7.40. The number of aliphatic imine (C=N–C) groups is 1. The first-order valence-corrected chi connectivity index (χ1v) is 9.47. The molecule has 0 radical (unpaired) electrons. The quantitative estimate of drug-likeness (QED) is 0.292. The molecule has 3 N–H and O–H groups in total.